The SMILES string of the molecule is CCCC(=O)CCC(CC)COC. The van der Waals surface area contributed by atoms with E-state index >= 15 is 0 Å². The summed E-state index contributed by atoms with van der Waals surface area (Å²) in [6.07, 6.45) is 4.54. The molecule has 0 saturated carbocycles. The molecule has 0 saturated heterocycles. The van der Waals surface area contributed by atoms with Crippen molar-refractivity contribution < 1.29 is 9.53 Å². The predicted molar refractivity (Wildman–Crippen MR) is 54.8 cm³/mol. The molecule has 0 aliphatic rings. The van der Waals surface area contributed by atoms with Crippen LogP contribution in [0.15, 0.2) is 0 Å². The van der Waals surface area contributed by atoms with Crippen molar-refractivity contribution in [1.82, 2.24) is 0 Å². The standard InChI is InChI=1S/C11H22O2/c1-4-6-11(12)8-7-10(5-2)9-13-3/h10H,4-9H2,1-3H3. The zero-order chi connectivity index (χ0) is 10.1. The molecule has 0 bridgehead atoms. The second-order valence-corrected chi connectivity index (χ2v) is 3.56. The summed E-state index contributed by atoms with van der Waals surface area (Å²) in [6, 6.07) is 0. The molecule has 0 heterocycles. The van der Waals surface area contributed by atoms with Crippen LogP contribution >= 0.6 is 0 Å². The zero-order valence-corrected chi connectivity index (χ0v) is 9.14. The number of Topliss-reactive ketones (excluding diaryl/α,β-unsaturated/α-hetero) is 1. The molecule has 0 aromatic rings. The summed E-state index contributed by atoms with van der Waals surface area (Å²) in [7, 11) is 1.72. The normalized spacial score (nSPS) is 12.8. The Hall–Kier alpha value is -0.370. The number of carbonyl (C=O) groups excluding carboxylic acids is 1. The molecule has 0 aliphatic carbocycles. The van der Waals surface area contributed by atoms with Crippen molar-refractivity contribution in [3.05, 3.63) is 0 Å². The summed E-state index contributed by atoms with van der Waals surface area (Å²) in [5, 5.41) is 0. The highest BCUT2D eigenvalue weighted by Gasteiger charge is 2.08. The Kier molecular flexibility index (Phi) is 8.00. The van der Waals surface area contributed by atoms with Gasteiger partial charge in [0.1, 0.15) is 5.78 Å². The monoisotopic (exact) mass is 186 g/mol. The van der Waals surface area contributed by atoms with Gasteiger partial charge in [-0.25, -0.2) is 0 Å². The maximum atomic E-state index is 11.2. The molecule has 0 rings (SSSR count). The second-order valence-electron chi connectivity index (χ2n) is 3.56. The van der Waals surface area contributed by atoms with Crippen molar-refractivity contribution in [2.75, 3.05) is 13.7 Å². The Bertz CT molecular complexity index is 132. The second kappa shape index (κ2) is 8.24. The minimum atomic E-state index is 0.400. The molecule has 0 spiro atoms. The van der Waals surface area contributed by atoms with Gasteiger partial charge in [-0.05, 0) is 18.8 Å². The van der Waals surface area contributed by atoms with E-state index in [9.17, 15) is 4.79 Å². The van der Waals surface area contributed by atoms with Gasteiger partial charge in [0, 0.05) is 26.6 Å². The number of methoxy groups -OCH3 is 1. The first-order chi connectivity index (χ1) is 6.24. The van der Waals surface area contributed by atoms with Crippen LogP contribution in [0.5, 0.6) is 0 Å². The van der Waals surface area contributed by atoms with Crippen LogP contribution in [0.1, 0.15) is 46.0 Å². The summed E-state index contributed by atoms with van der Waals surface area (Å²) >= 11 is 0. The molecule has 0 aromatic heterocycles. The van der Waals surface area contributed by atoms with E-state index in [1.165, 1.54) is 0 Å². The molecule has 1 atom stereocenters. The van der Waals surface area contributed by atoms with E-state index in [1.54, 1.807) is 7.11 Å². The van der Waals surface area contributed by atoms with E-state index < -0.39 is 0 Å². The van der Waals surface area contributed by atoms with E-state index in [2.05, 4.69) is 6.92 Å². The van der Waals surface area contributed by atoms with Crippen LogP contribution in [0, 0.1) is 5.92 Å². The number of carbonyl (C=O) groups is 1. The van der Waals surface area contributed by atoms with Crippen LogP contribution in [0.25, 0.3) is 0 Å². The van der Waals surface area contributed by atoms with E-state index in [0.717, 1.165) is 38.7 Å². The lowest BCUT2D eigenvalue weighted by atomic mass is 9.98. The first-order valence-electron chi connectivity index (χ1n) is 5.25. The molecule has 2 nitrogen and oxygen atoms in total. The Morgan fingerprint density at radius 3 is 2.46 bits per heavy atom. The van der Waals surface area contributed by atoms with Crippen LogP contribution in [0.3, 0.4) is 0 Å². The Morgan fingerprint density at radius 1 is 1.31 bits per heavy atom. The highest BCUT2D eigenvalue weighted by Crippen LogP contribution is 2.12. The van der Waals surface area contributed by atoms with Gasteiger partial charge in [0.15, 0.2) is 0 Å². The molecule has 0 aliphatic heterocycles. The van der Waals surface area contributed by atoms with Gasteiger partial charge in [0.2, 0.25) is 0 Å². The zero-order valence-electron chi connectivity index (χ0n) is 9.14. The summed E-state index contributed by atoms with van der Waals surface area (Å²) < 4.78 is 5.08. The van der Waals surface area contributed by atoms with Crippen molar-refractivity contribution in [3.63, 3.8) is 0 Å². The third kappa shape index (κ3) is 6.76. The van der Waals surface area contributed by atoms with Crippen molar-refractivity contribution >= 4 is 5.78 Å². The summed E-state index contributed by atoms with van der Waals surface area (Å²) in [5.74, 6) is 0.961. The third-order valence-corrected chi connectivity index (χ3v) is 2.34. The lowest BCUT2D eigenvalue weighted by Crippen LogP contribution is -2.09. The first kappa shape index (κ1) is 12.6. The van der Waals surface area contributed by atoms with Crippen LogP contribution in [0.2, 0.25) is 0 Å². The van der Waals surface area contributed by atoms with Crippen molar-refractivity contribution in [2.45, 2.75) is 46.0 Å². The molecule has 0 fully saturated rings. The van der Waals surface area contributed by atoms with Gasteiger partial charge in [0.25, 0.3) is 0 Å². The Balaban J connectivity index is 3.52. The van der Waals surface area contributed by atoms with E-state index in [-0.39, 0.29) is 0 Å². The maximum absolute atomic E-state index is 11.2. The molecule has 13 heavy (non-hydrogen) atoms. The minimum Gasteiger partial charge on any atom is -0.384 e. The fourth-order valence-corrected chi connectivity index (χ4v) is 1.41. The van der Waals surface area contributed by atoms with Crippen LogP contribution in [-0.4, -0.2) is 19.5 Å². The molecule has 2 heteroatoms. The molecular weight excluding hydrogens is 164 g/mol. The smallest absolute Gasteiger partial charge is 0.132 e. The van der Waals surface area contributed by atoms with Crippen LogP contribution < -0.4 is 0 Å². The molecule has 0 amide bonds. The van der Waals surface area contributed by atoms with Crippen molar-refractivity contribution in [2.24, 2.45) is 5.92 Å². The van der Waals surface area contributed by atoms with Gasteiger partial charge < -0.3 is 4.74 Å². The quantitative estimate of drug-likeness (QED) is 0.582. The number of hydrogen-bond acceptors (Lipinski definition) is 2. The molecule has 0 N–H and O–H groups in total. The Labute approximate surface area is 81.7 Å². The first-order valence-corrected chi connectivity index (χ1v) is 5.25. The Morgan fingerprint density at radius 2 is 2.00 bits per heavy atom. The predicted octanol–water partition coefficient (Wildman–Crippen LogP) is 2.81. The van der Waals surface area contributed by atoms with Crippen LogP contribution in [0.4, 0.5) is 0 Å². The fraction of sp³-hybridized carbons (Fsp3) is 0.909. The molecule has 1 unspecified atom stereocenters. The van der Waals surface area contributed by atoms with E-state index in [1.807, 2.05) is 6.92 Å². The summed E-state index contributed by atoms with van der Waals surface area (Å²) in [6.45, 7) is 4.98. The van der Waals surface area contributed by atoms with E-state index in [0.29, 0.717) is 11.7 Å². The van der Waals surface area contributed by atoms with Gasteiger partial charge in [-0.15, -0.1) is 0 Å². The van der Waals surface area contributed by atoms with Gasteiger partial charge in [-0.2, -0.15) is 0 Å². The van der Waals surface area contributed by atoms with E-state index in [4.69, 9.17) is 4.74 Å². The van der Waals surface area contributed by atoms with Crippen LogP contribution in [-0.2, 0) is 9.53 Å². The fourth-order valence-electron chi connectivity index (χ4n) is 1.41. The lowest BCUT2D eigenvalue weighted by Gasteiger charge is -2.12. The van der Waals surface area contributed by atoms with Crippen molar-refractivity contribution in [1.29, 1.82) is 0 Å². The van der Waals surface area contributed by atoms with Crippen molar-refractivity contribution in [3.8, 4) is 0 Å². The summed E-state index contributed by atoms with van der Waals surface area (Å²) in [5.41, 5.74) is 0. The molecular formula is C11H22O2. The topological polar surface area (TPSA) is 26.3 Å². The number of rotatable bonds is 8. The average Bonchev–Trinajstić information content (AvgIpc) is 2.12. The minimum absolute atomic E-state index is 0.400. The highest BCUT2D eigenvalue weighted by atomic mass is 16.5. The largest absolute Gasteiger partial charge is 0.384 e. The van der Waals surface area contributed by atoms with Gasteiger partial charge in [-0.1, -0.05) is 20.3 Å². The summed E-state index contributed by atoms with van der Waals surface area (Å²) in [4.78, 5) is 11.2. The number of ketones is 1. The molecule has 0 radical (unpaired) electrons. The molecule has 0 aromatic carbocycles. The third-order valence-electron chi connectivity index (χ3n) is 2.34. The number of hydrogen-bond donors (Lipinski definition) is 0. The maximum Gasteiger partial charge on any atom is 0.132 e. The van der Waals surface area contributed by atoms with Gasteiger partial charge in [-0.3, -0.25) is 4.79 Å². The highest BCUT2D eigenvalue weighted by molar-refractivity contribution is 5.78. The number of ether oxygens (including phenoxy) is 1. The average molecular weight is 186 g/mol. The van der Waals surface area contributed by atoms with Gasteiger partial charge >= 0.3 is 0 Å². The lowest BCUT2D eigenvalue weighted by molar-refractivity contribution is -0.119. The van der Waals surface area contributed by atoms with Gasteiger partial charge in [0.05, 0.1) is 0 Å². The molecule has 78 valence electrons.